The summed E-state index contributed by atoms with van der Waals surface area (Å²) in [6, 6.07) is 13.4. The lowest BCUT2D eigenvalue weighted by Crippen LogP contribution is -2.19. The Morgan fingerprint density at radius 3 is 2.50 bits per heavy atom. The quantitative estimate of drug-likeness (QED) is 0.127. The highest BCUT2D eigenvalue weighted by atomic mass is 32.1. The SMILES string of the molecule is COCc1cc(C)nc2sc(C(=O)NN=Cc3c(CC4CC(c5ccc(OC)cc5)=NO4)c(OC)c4c(c3OC)OCO4)c(-n3cccc3)c12. The molecule has 7 rings (SSSR count). The van der Waals surface area contributed by atoms with E-state index in [9.17, 15) is 4.79 Å². The van der Waals surface area contributed by atoms with Crippen molar-refractivity contribution in [1.29, 1.82) is 0 Å². The van der Waals surface area contributed by atoms with Crippen LogP contribution in [-0.4, -0.2) is 68.7 Å². The van der Waals surface area contributed by atoms with E-state index in [1.54, 1.807) is 21.3 Å². The molecule has 258 valence electrons. The number of methoxy groups -OCH3 is 4. The van der Waals surface area contributed by atoms with Crippen molar-refractivity contribution in [2.75, 3.05) is 35.2 Å². The Bertz CT molecular complexity index is 2110. The summed E-state index contributed by atoms with van der Waals surface area (Å²) in [5.74, 6) is 2.01. The average molecular weight is 698 g/mol. The number of aryl methyl sites for hydroxylation is 1. The van der Waals surface area contributed by atoms with E-state index < -0.39 is 5.91 Å². The van der Waals surface area contributed by atoms with Crippen LogP contribution in [0.3, 0.4) is 0 Å². The van der Waals surface area contributed by atoms with Crippen LogP contribution in [0.5, 0.6) is 28.7 Å². The number of carbonyl (C=O) groups is 1. The Morgan fingerprint density at radius 1 is 1.06 bits per heavy atom. The standard InChI is InChI=1S/C36H35N5O8S/c1-20-14-22(18-43-2)28-29(41-12-6-7-13-41)34(50-36(28)38-20)35(42)39-37-17-26-25(30(45-4)32-33(31(26)46-5)48-19-47-32)15-24-16-27(40-49-24)21-8-10-23(44-3)11-9-21/h6-14,17,24H,15-16,18-19H2,1-5H3,(H,39,42). The maximum Gasteiger partial charge on any atom is 0.283 e. The third-order valence-corrected chi connectivity index (χ3v) is 9.51. The summed E-state index contributed by atoms with van der Waals surface area (Å²) in [7, 11) is 6.37. The van der Waals surface area contributed by atoms with Crippen LogP contribution in [-0.2, 0) is 22.6 Å². The van der Waals surface area contributed by atoms with E-state index in [0.717, 1.165) is 38.5 Å². The molecule has 2 aromatic carbocycles. The van der Waals surface area contributed by atoms with E-state index in [0.29, 0.717) is 64.1 Å². The molecule has 14 heteroatoms. The highest BCUT2D eigenvalue weighted by Crippen LogP contribution is 2.52. The van der Waals surface area contributed by atoms with Crippen molar-refractivity contribution in [3.8, 4) is 34.4 Å². The van der Waals surface area contributed by atoms with Crippen LogP contribution in [0.2, 0.25) is 0 Å². The molecule has 1 atom stereocenters. The van der Waals surface area contributed by atoms with Gasteiger partial charge < -0.3 is 37.8 Å². The number of oxime groups is 1. The Kier molecular flexibility index (Phi) is 9.28. The van der Waals surface area contributed by atoms with Crippen molar-refractivity contribution in [1.82, 2.24) is 15.0 Å². The number of nitrogens with one attached hydrogen (secondary N) is 1. The molecule has 50 heavy (non-hydrogen) atoms. The Hall–Kier alpha value is -5.60. The highest BCUT2D eigenvalue weighted by Gasteiger charge is 2.34. The van der Waals surface area contributed by atoms with Crippen LogP contribution in [0.15, 0.2) is 65.1 Å². The molecule has 0 saturated heterocycles. The first-order valence-corrected chi connectivity index (χ1v) is 16.6. The van der Waals surface area contributed by atoms with Crippen LogP contribution in [0.4, 0.5) is 0 Å². The number of benzene rings is 2. The topological polar surface area (TPSA) is 136 Å². The number of hydrazone groups is 1. The fourth-order valence-corrected chi connectivity index (χ4v) is 7.42. The Balaban J connectivity index is 1.21. The van der Waals surface area contributed by atoms with Gasteiger partial charge in [0.25, 0.3) is 5.91 Å². The molecule has 3 aromatic heterocycles. The van der Waals surface area contributed by atoms with Crippen LogP contribution in [0.1, 0.15) is 44.0 Å². The average Bonchev–Trinajstić information content (AvgIpc) is 3.95. The van der Waals surface area contributed by atoms with E-state index in [1.165, 1.54) is 24.7 Å². The normalized spacial score (nSPS) is 15.0. The number of pyridine rings is 1. The molecule has 2 aliphatic rings. The van der Waals surface area contributed by atoms with Gasteiger partial charge >= 0.3 is 0 Å². The van der Waals surface area contributed by atoms with Crippen LogP contribution >= 0.6 is 11.3 Å². The predicted octanol–water partition coefficient (Wildman–Crippen LogP) is 5.80. The number of hydrogen-bond donors (Lipinski definition) is 1. The zero-order valence-corrected chi connectivity index (χ0v) is 29.0. The maximum absolute atomic E-state index is 13.9. The predicted molar refractivity (Wildman–Crippen MR) is 188 cm³/mol. The van der Waals surface area contributed by atoms with Crippen molar-refractivity contribution in [3.05, 3.63) is 87.7 Å². The minimum absolute atomic E-state index is 0.00381. The van der Waals surface area contributed by atoms with Crippen molar-refractivity contribution in [2.45, 2.75) is 32.5 Å². The zero-order chi connectivity index (χ0) is 34.8. The fourth-order valence-electron chi connectivity index (χ4n) is 6.27. The smallest absolute Gasteiger partial charge is 0.283 e. The third-order valence-electron chi connectivity index (χ3n) is 8.44. The highest BCUT2D eigenvalue weighted by molar-refractivity contribution is 7.21. The lowest BCUT2D eigenvalue weighted by Gasteiger charge is -2.19. The number of aromatic nitrogens is 2. The summed E-state index contributed by atoms with van der Waals surface area (Å²) in [4.78, 5) is 25.7. The van der Waals surface area contributed by atoms with Crippen LogP contribution in [0.25, 0.3) is 15.9 Å². The molecule has 2 aliphatic heterocycles. The molecule has 0 aliphatic carbocycles. The first-order valence-electron chi connectivity index (χ1n) is 15.8. The van der Waals surface area contributed by atoms with Crippen LogP contribution < -0.4 is 29.1 Å². The van der Waals surface area contributed by atoms with Crippen LogP contribution in [0, 0.1) is 6.92 Å². The summed E-state index contributed by atoms with van der Waals surface area (Å²) in [5, 5.41) is 9.65. The molecule has 1 unspecified atom stereocenters. The van der Waals surface area contributed by atoms with Gasteiger partial charge in [0.1, 0.15) is 21.6 Å². The number of fused-ring (bicyclic) bond motifs is 2. The largest absolute Gasteiger partial charge is 0.497 e. The molecule has 0 saturated carbocycles. The molecule has 13 nitrogen and oxygen atoms in total. The zero-order valence-electron chi connectivity index (χ0n) is 28.1. The van der Waals surface area contributed by atoms with Gasteiger partial charge in [-0.2, -0.15) is 5.10 Å². The van der Waals surface area contributed by atoms with E-state index in [1.807, 2.05) is 66.3 Å². The number of ether oxygens (including phenoxy) is 6. The Labute approximate surface area is 292 Å². The van der Waals surface area contributed by atoms with Gasteiger partial charge in [-0.15, -0.1) is 11.3 Å². The van der Waals surface area contributed by atoms with Crippen molar-refractivity contribution in [2.24, 2.45) is 10.3 Å². The lowest BCUT2D eigenvalue weighted by atomic mass is 9.95. The molecule has 0 fully saturated rings. The van der Waals surface area contributed by atoms with Gasteiger partial charge in [-0.25, -0.2) is 10.4 Å². The number of thiophene rings is 1. The second-order valence-electron chi connectivity index (χ2n) is 11.5. The van der Waals surface area contributed by atoms with E-state index in [4.69, 9.17) is 38.2 Å². The molecule has 5 heterocycles. The number of amides is 1. The molecule has 1 N–H and O–H groups in total. The van der Waals surface area contributed by atoms with Crippen molar-refractivity contribution in [3.63, 3.8) is 0 Å². The summed E-state index contributed by atoms with van der Waals surface area (Å²) < 4.78 is 36.0. The first-order chi connectivity index (χ1) is 24.4. The summed E-state index contributed by atoms with van der Waals surface area (Å²) in [6.45, 7) is 2.29. The first kappa shape index (κ1) is 32.9. The summed E-state index contributed by atoms with van der Waals surface area (Å²) >= 11 is 1.29. The van der Waals surface area contributed by atoms with E-state index in [-0.39, 0.29) is 12.9 Å². The van der Waals surface area contributed by atoms with Gasteiger partial charge in [-0.1, -0.05) is 5.16 Å². The summed E-state index contributed by atoms with van der Waals surface area (Å²) in [6.07, 6.45) is 5.90. The van der Waals surface area contributed by atoms with Crippen molar-refractivity contribution < 1.29 is 38.1 Å². The fraction of sp³-hybridized carbons (Fsp3) is 0.278. The molecular weight excluding hydrogens is 662 g/mol. The van der Waals surface area contributed by atoms with Gasteiger partial charge in [0.15, 0.2) is 11.5 Å². The molecule has 5 aromatic rings. The van der Waals surface area contributed by atoms with Gasteiger partial charge in [-0.3, -0.25) is 4.79 Å². The molecular formula is C36H35N5O8S. The number of nitrogens with zero attached hydrogens (tertiary/aromatic N) is 4. The molecule has 0 spiro atoms. The second kappa shape index (κ2) is 14.1. The van der Waals surface area contributed by atoms with Gasteiger partial charge in [-0.05, 0) is 60.5 Å². The molecule has 0 bridgehead atoms. The second-order valence-corrected chi connectivity index (χ2v) is 12.5. The third kappa shape index (κ3) is 6.07. The summed E-state index contributed by atoms with van der Waals surface area (Å²) in [5.41, 5.74) is 8.19. The minimum atomic E-state index is -0.404. The Morgan fingerprint density at radius 2 is 1.80 bits per heavy atom. The maximum atomic E-state index is 13.9. The van der Waals surface area contributed by atoms with Gasteiger partial charge in [0.2, 0.25) is 18.3 Å². The molecule has 1 amide bonds. The van der Waals surface area contributed by atoms with E-state index in [2.05, 4.69) is 15.7 Å². The monoisotopic (exact) mass is 697 g/mol. The molecule has 0 radical (unpaired) electrons. The van der Waals surface area contributed by atoms with E-state index >= 15 is 0 Å². The number of carbonyl (C=O) groups excluding carboxylic acids is 1. The number of hydrogen-bond acceptors (Lipinski definition) is 12. The van der Waals surface area contributed by atoms with Crippen molar-refractivity contribution >= 4 is 39.4 Å². The van der Waals surface area contributed by atoms with Gasteiger partial charge in [0.05, 0.1) is 45.5 Å². The number of rotatable bonds is 12. The van der Waals surface area contributed by atoms with Gasteiger partial charge in [0, 0.05) is 54.6 Å². The minimum Gasteiger partial charge on any atom is -0.497 e. The lowest BCUT2D eigenvalue weighted by molar-refractivity contribution is 0.0853.